The first kappa shape index (κ1) is 111. The summed E-state index contributed by atoms with van der Waals surface area (Å²) in [5, 5.41) is 102. The van der Waals surface area contributed by atoms with Gasteiger partial charge in [-0.15, -0.1) is 0 Å². The highest BCUT2D eigenvalue weighted by Gasteiger charge is 2.60. The van der Waals surface area contributed by atoms with Gasteiger partial charge in [-0.25, -0.2) is 4.57 Å². The smallest absolute Gasteiger partial charge is 0.463 e. The van der Waals surface area contributed by atoms with Gasteiger partial charge in [-0.2, -0.15) is 0 Å². The van der Waals surface area contributed by atoms with Gasteiger partial charge >= 0.3 is 31.7 Å². The fourth-order valence-corrected chi connectivity index (χ4v) is 17.5. The zero-order chi connectivity index (χ0) is 87.1. The van der Waals surface area contributed by atoms with Crippen molar-refractivity contribution in [2.45, 2.75) is 531 Å². The minimum Gasteiger partial charge on any atom is -0.463 e. The summed E-state index contributed by atoms with van der Waals surface area (Å²) in [5.41, 5.74) is 0. The minimum absolute atomic E-state index is 0.0190. The van der Waals surface area contributed by atoms with Gasteiger partial charge in [0.25, 0.3) is 0 Å². The van der Waals surface area contributed by atoms with E-state index in [4.69, 9.17) is 46.9 Å². The van der Waals surface area contributed by atoms with Gasteiger partial charge < -0.3 is 88.7 Å². The Morgan fingerprint density at radius 1 is 0.328 bits per heavy atom. The first-order valence-corrected chi connectivity index (χ1v) is 50.0. The second-order valence-electron chi connectivity index (χ2n) is 35.5. The molecular weight excluding hydrogens is 1550 g/mol. The lowest BCUT2D eigenvalue weighted by molar-refractivity contribution is -0.360. The molecule has 20 atom stereocenters. The van der Waals surface area contributed by atoms with Crippen LogP contribution in [0.3, 0.4) is 0 Å². The van der Waals surface area contributed by atoms with E-state index >= 15 is 0 Å². The van der Waals surface area contributed by atoms with E-state index in [0.717, 1.165) is 128 Å². The molecule has 1 saturated carbocycles. The lowest BCUT2D eigenvalue weighted by atomic mass is 9.84. The number of aliphatic hydroxyl groups excluding tert-OH is 9. The number of aliphatic hydroxyl groups is 9. The molecule has 2 saturated heterocycles. The van der Waals surface area contributed by atoms with Crippen LogP contribution in [0.25, 0.3) is 0 Å². The van der Waals surface area contributed by atoms with E-state index in [1.54, 1.807) is 0 Å². The second-order valence-corrected chi connectivity index (χ2v) is 36.9. The average molecular weight is 1720 g/mol. The number of phosphoric acid groups is 1. The topological polar surface area (TPSA) is 380 Å². The number of ether oxygens (including phenoxy) is 8. The van der Waals surface area contributed by atoms with Gasteiger partial charge in [0.05, 0.1) is 13.2 Å². The number of hydrogen-bond donors (Lipinski definition) is 10. The zero-order valence-corrected chi connectivity index (χ0v) is 76.2. The van der Waals surface area contributed by atoms with Crippen molar-refractivity contribution in [1.82, 2.24) is 0 Å². The molecule has 0 aromatic carbocycles. The van der Waals surface area contributed by atoms with E-state index in [9.17, 15) is 74.6 Å². The fraction of sp³-hybridized carbons (Fsp3) is 0.957. The highest BCUT2D eigenvalue weighted by Crippen LogP contribution is 2.49. The monoisotopic (exact) mass is 1720 g/mol. The normalized spacial score (nSPS) is 25.3. The molecule has 10 N–H and O–H groups in total. The van der Waals surface area contributed by atoms with Gasteiger partial charge in [0.2, 0.25) is 0 Å². The van der Waals surface area contributed by atoms with Crippen LogP contribution in [0, 0.1) is 11.8 Å². The van der Waals surface area contributed by atoms with Gasteiger partial charge in [-0.3, -0.25) is 28.2 Å². The molecule has 0 bridgehead atoms. The first-order valence-electron chi connectivity index (χ1n) is 48.6. The Kier molecular flexibility index (Phi) is 65.6. The van der Waals surface area contributed by atoms with Crippen LogP contribution in [0.1, 0.15) is 427 Å². The van der Waals surface area contributed by atoms with Crippen LogP contribution in [0.15, 0.2) is 0 Å². The third-order valence-electron chi connectivity index (χ3n) is 24.4. The number of rotatable bonds is 78. The molecule has 26 heteroatoms. The van der Waals surface area contributed by atoms with Gasteiger partial charge in [-0.05, 0) is 37.5 Å². The zero-order valence-electron chi connectivity index (χ0n) is 75.3. The molecule has 3 fully saturated rings. The Labute approximate surface area is 719 Å². The van der Waals surface area contributed by atoms with E-state index in [2.05, 4.69) is 41.5 Å². The van der Waals surface area contributed by atoms with Crippen LogP contribution in [0.4, 0.5) is 0 Å². The Balaban J connectivity index is 1.92. The van der Waals surface area contributed by atoms with Crippen molar-refractivity contribution in [3.63, 3.8) is 0 Å². The third-order valence-corrected chi connectivity index (χ3v) is 25.4. The van der Waals surface area contributed by atoms with Crippen molar-refractivity contribution in [1.29, 1.82) is 0 Å². The number of hydrogen-bond acceptors (Lipinski definition) is 24. The maximum absolute atomic E-state index is 14.9. The molecule has 2 aliphatic heterocycles. The summed E-state index contributed by atoms with van der Waals surface area (Å²) in [5.74, 6) is -1.59. The van der Waals surface area contributed by atoms with Crippen LogP contribution in [-0.2, 0) is 70.7 Å². The molecule has 20 unspecified atom stereocenters. The van der Waals surface area contributed by atoms with Crippen LogP contribution in [-0.4, -0.2) is 205 Å². The first-order chi connectivity index (χ1) is 57.5. The molecule has 3 rings (SSSR count). The quantitative estimate of drug-likeness (QED) is 0.0117. The predicted octanol–water partition coefficient (Wildman–Crippen LogP) is 18.3. The number of carbonyl (C=O) groups excluding carboxylic acids is 4. The SMILES string of the molecule is CCCCCCCCCCCCCCCCCC(=O)OC1C(O)C(O)C(OC2OC(CO)C(O)C(O)C2O)C(OP(=O)(O)OCC(COC(=O)CCCCCCCCC(C)CCCCCCCC)OC(=O)CCCCCCCCC(C)CCCCCCCC)C1OC1OC(COC(=O)CCCCCCCCCCCCCCC)C(O)C(O)C1O. The summed E-state index contributed by atoms with van der Waals surface area (Å²) < 4.78 is 73.6. The molecule has 0 aromatic rings. The number of carbonyl (C=O) groups is 4. The minimum atomic E-state index is -5.81. The molecule has 119 heavy (non-hydrogen) atoms. The van der Waals surface area contributed by atoms with Crippen molar-refractivity contribution in [3.05, 3.63) is 0 Å². The maximum atomic E-state index is 14.9. The Hall–Kier alpha value is -2.53. The van der Waals surface area contributed by atoms with Crippen LogP contribution in [0.5, 0.6) is 0 Å². The molecule has 0 radical (unpaired) electrons. The molecule has 2 heterocycles. The molecule has 0 amide bonds. The molecule has 3 aliphatic rings. The maximum Gasteiger partial charge on any atom is 0.472 e. The van der Waals surface area contributed by atoms with Crippen molar-refractivity contribution in [3.8, 4) is 0 Å². The summed E-state index contributed by atoms with van der Waals surface area (Å²) in [7, 11) is -5.81. The molecule has 1 aliphatic carbocycles. The Morgan fingerprint density at radius 2 is 0.630 bits per heavy atom. The fourth-order valence-electron chi connectivity index (χ4n) is 16.5. The molecule has 25 nitrogen and oxygen atoms in total. The van der Waals surface area contributed by atoms with Crippen molar-refractivity contribution < 1.29 is 122 Å². The molecule has 0 spiro atoms. The molecule has 702 valence electrons. The summed E-state index contributed by atoms with van der Waals surface area (Å²) in [6.07, 6.45) is 25.2. The number of unbranched alkanes of at least 4 members (excludes halogenated alkanes) is 46. The molecular formula is C93H175O25P. The van der Waals surface area contributed by atoms with E-state index in [1.807, 2.05) is 0 Å². The third kappa shape index (κ3) is 51.2. The van der Waals surface area contributed by atoms with Gasteiger partial charge in [0.15, 0.2) is 24.8 Å². The predicted molar refractivity (Wildman–Crippen MR) is 463 cm³/mol. The van der Waals surface area contributed by atoms with Gasteiger partial charge in [0.1, 0.15) is 92.6 Å². The number of esters is 4. The largest absolute Gasteiger partial charge is 0.472 e. The van der Waals surface area contributed by atoms with Crippen LogP contribution in [0.2, 0.25) is 0 Å². The van der Waals surface area contributed by atoms with E-state index in [0.29, 0.717) is 43.9 Å². The Bertz CT molecular complexity index is 2500. The second kappa shape index (κ2) is 70.5. The van der Waals surface area contributed by atoms with Gasteiger partial charge in [-0.1, -0.05) is 375 Å². The highest BCUT2D eigenvalue weighted by molar-refractivity contribution is 7.47. The Morgan fingerprint density at radius 3 is 1.00 bits per heavy atom. The average Bonchev–Trinajstić information content (AvgIpc) is 0.754. The summed E-state index contributed by atoms with van der Waals surface area (Å²) in [6, 6.07) is 0. The molecule has 0 aromatic heterocycles. The lowest BCUT2D eigenvalue weighted by Crippen LogP contribution is -2.70. The standard InChI is InChI=1S/C93H175O25P/c1-7-11-15-19-23-25-27-29-30-32-34-36-38-49-58-66-79(98)115-88-84(103)85(104)89(116-92-86(105)82(101)80(99)74(67-94)113-92)91(90(88)117-93-87(106)83(102)81(100)75(114-93)70-110-77(96)64-56-47-37-35-33-31-28-26-24-20-16-12-8-2)118-119(107,108)111-69-73(112-78(97)65-57-50-42-40-46-54-62-72(6)60-52-44-22-18-14-10-4)68-109-76(95)63-55-48-41-39-45-53-61-71(5)59-51-43-21-17-13-9-3/h71-75,80-94,99-106H,7-70H2,1-6H3,(H,107,108). The van der Waals surface area contributed by atoms with E-state index in [1.165, 1.54) is 199 Å². The summed E-state index contributed by atoms with van der Waals surface area (Å²) in [4.78, 5) is 66.6. The van der Waals surface area contributed by atoms with E-state index in [-0.39, 0.29) is 25.7 Å². The van der Waals surface area contributed by atoms with Crippen LogP contribution >= 0.6 is 7.82 Å². The summed E-state index contributed by atoms with van der Waals surface area (Å²) >= 11 is 0. The number of phosphoric ester groups is 1. The van der Waals surface area contributed by atoms with E-state index < -0.39 is 162 Å². The van der Waals surface area contributed by atoms with Crippen LogP contribution < -0.4 is 0 Å². The highest BCUT2D eigenvalue weighted by atomic mass is 31.2. The summed E-state index contributed by atoms with van der Waals surface area (Å²) in [6.45, 7) is 10.3. The van der Waals surface area contributed by atoms with Crippen molar-refractivity contribution in [2.24, 2.45) is 11.8 Å². The van der Waals surface area contributed by atoms with Crippen molar-refractivity contribution >= 4 is 31.7 Å². The lowest BCUT2D eigenvalue weighted by Gasteiger charge is -2.50. The van der Waals surface area contributed by atoms with Gasteiger partial charge in [0, 0.05) is 25.7 Å². The van der Waals surface area contributed by atoms with Crippen molar-refractivity contribution in [2.75, 3.05) is 26.4 Å².